The topological polar surface area (TPSA) is 126 Å². The zero-order valence-corrected chi connectivity index (χ0v) is 25.1. The van der Waals surface area contributed by atoms with Crippen LogP contribution < -0.4 is 4.72 Å². The molecule has 0 bridgehead atoms. The van der Waals surface area contributed by atoms with Gasteiger partial charge >= 0.3 is 6.01 Å². The van der Waals surface area contributed by atoms with Gasteiger partial charge in [-0.25, -0.2) is 13.1 Å². The fraction of sp³-hybridized carbons (Fsp3) is 0.931. The Balaban J connectivity index is 1.49. The van der Waals surface area contributed by atoms with E-state index in [0.717, 1.165) is 51.2 Å². The molecule has 3 aliphatic rings. The molecule has 9 heteroatoms. The molecule has 0 amide bonds. The molecule has 0 radical (unpaired) electrons. The van der Waals surface area contributed by atoms with Crippen molar-refractivity contribution < 1.29 is 23.0 Å². The number of aliphatic hydroxyl groups is 2. The molecule has 0 saturated heterocycles. The van der Waals surface area contributed by atoms with Crippen molar-refractivity contribution in [2.75, 3.05) is 11.0 Å². The van der Waals surface area contributed by atoms with Crippen LogP contribution >= 0.6 is 0 Å². The van der Waals surface area contributed by atoms with Crippen LogP contribution in [0.15, 0.2) is 4.42 Å². The molecule has 3 saturated carbocycles. The van der Waals surface area contributed by atoms with E-state index < -0.39 is 10.0 Å². The largest absolute Gasteiger partial charge is 0.407 e. The zero-order valence-electron chi connectivity index (χ0n) is 24.3. The normalized spacial score (nSPS) is 38.4. The van der Waals surface area contributed by atoms with Crippen molar-refractivity contribution in [2.45, 2.75) is 117 Å². The smallest absolute Gasteiger partial charge is 0.329 e. The first-order valence-electron chi connectivity index (χ1n) is 14.9. The first-order valence-corrected chi connectivity index (χ1v) is 16.8. The molecule has 8 nitrogen and oxygen atoms in total. The van der Waals surface area contributed by atoms with Crippen LogP contribution in [0, 0.1) is 46.3 Å². The van der Waals surface area contributed by atoms with Gasteiger partial charge in [0.15, 0.2) is 0 Å². The summed E-state index contributed by atoms with van der Waals surface area (Å²) in [6, 6.07) is -0.0769. The molecule has 0 spiro atoms. The Morgan fingerprint density at radius 3 is 2.37 bits per heavy atom. The van der Waals surface area contributed by atoms with Gasteiger partial charge in [-0.05, 0) is 104 Å². The predicted molar refractivity (Wildman–Crippen MR) is 149 cm³/mol. The van der Waals surface area contributed by atoms with Crippen molar-refractivity contribution in [3.63, 3.8) is 0 Å². The van der Waals surface area contributed by atoms with Crippen LogP contribution in [0.1, 0.15) is 105 Å². The van der Waals surface area contributed by atoms with E-state index in [9.17, 15) is 18.6 Å². The minimum atomic E-state index is -3.45. The van der Waals surface area contributed by atoms with Crippen molar-refractivity contribution in [3.8, 4) is 0 Å². The van der Waals surface area contributed by atoms with Crippen LogP contribution in [0.25, 0.3) is 0 Å². The summed E-state index contributed by atoms with van der Waals surface area (Å²) in [5, 5.41) is 29.9. The van der Waals surface area contributed by atoms with E-state index in [0.29, 0.717) is 41.9 Å². The van der Waals surface area contributed by atoms with Crippen molar-refractivity contribution in [1.82, 2.24) is 10.2 Å². The lowest BCUT2D eigenvalue weighted by Gasteiger charge is -2.57. The third-order valence-corrected chi connectivity index (χ3v) is 11.8. The highest BCUT2D eigenvalue weighted by molar-refractivity contribution is 7.91. The molecule has 38 heavy (non-hydrogen) atoms. The number of anilines is 1. The number of nitrogens with one attached hydrogen (secondary N) is 1. The molecule has 8 atom stereocenters. The molecule has 1 aromatic rings. The fourth-order valence-electron chi connectivity index (χ4n) is 8.82. The highest BCUT2D eigenvalue weighted by atomic mass is 32.2. The molecule has 3 fully saturated rings. The molecule has 4 rings (SSSR count). The van der Waals surface area contributed by atoms with E-state index in [1.54, 1.807) is 0 Å². The number of aromatic nitrogens is 2. The molecule has 0 aliphatic heterocycles. The maximum atomic E-state index is 11.8. The van der Waals surface area contributed by atoms with Crippen molar-refractivity contribution >= 4 is 16.0 Å². The minimum Gasteiger partial charge on any atom is -0.407 e. The summed E-state index contributed by atoms with van der Waals surface area (Å²) >= 11 is 0. The average Bonchev–Trinajstić information content (AvgIpc) is 3.45. The van der Waals surface area contributed by atoms with Crippen LogP contribution in [0.2, 0.25) is 0 Å². The molecule has 1 heterocycles. The van der Waals surface area contributed by atoms with Gasteiger partial charge in [-0.15, -0.1) is 5.10 Å². The summed E-state index contributed by atoms with van der Waals surface area (Å²) in [6.45, 7) is 11.7. The molecule has 0 aromatic carbocycles. The number of rotatable bonds is 10. The van der Waals surface area contributed by atoms with E-state index in [4.69, 9.17) is 4.42 Å². The SMILES string of the molecule is CC[C@H](C)[C@@H](O)C1C(C2(C)CCC(O)CC2)CC[C@@]2(C)C1CC[C@@H]2[C@H](C)CCc1nnc(NS(C)(=O)=O)o1. The third kappa shape index (κ3) is 6.09. The Hall–Kier alpha value is -1.19. The number of sulfonamides is 1. The Morgan fingerprint density at radius 2 is 1.74 bits per heavy atom. The Morgan fingerprint density at radius 1 is 1.05 bits per heavy atom. The lowest BCUT2D eigenvalue weighted by Crippen LogP contribution is -2.53. The van der Waals surface area contributed by atoms with E-state index in [1.807, 2.05) is 0 Å². The van der Waals surface area contributed by atoms with Gasteiger partial charge in [0.25, 0.3) is 0 Å². The van der Waals surface area contributed by atoms with Crippen LogP contribution in [0.3, 0.4) is 0 Å². The van der Waals surface area contributed by atoms with Gasteiger partial charge in [0.2, 0.25) is 15.9 Å². The van der Waals surface area contributed by atoms with Crippen LogP contribution in [-0.4, -0.2) is 47.3 Å². The van der Waals surface area contributed by atoms with Crippen LogP contribution in [0.5, 0.6) is 0 Å². The van der Waals surface area contributed by atoms with Crippen molar-refractivity contribution in [3.05, 3.63) is 5.89 Å². The summed E-state index contributed by atoms with van der Waals surface area (Å²) in [5.41, 5.74) is 0.385. The first-order chi connectivity index (χ1) is 17.8. The number of hydrogen-bond acceptors (Lipinski definition) is 7. The van der Waals surface area contributed by atoms with E-state index in [2.05, 4.69) is 49.5 Å². The molecule has 3 unspecified atom stereocenters. The Labute approximate surface area is 229 Å². The van der Waals surface area contributed by atoms with Crippen molar-refractivity contribution in [2.24, 2.45) is 46.3 Å². The molecular formula is C29H51N3O5S. The Bertz CT molecular complexity index is 1040. The quantitative estimate of drug-likeness (QED) is 0.353. The first kappa shape index (κ1) is 29.8. The number of hydrogen-bond donors (Lipinski definition) is 3. The maximum absolute atomic E-state index is 11.8. The molecular weight excluding hydrogens is 502 g/mol. The second-order valence-electron chi connectivity index (χ2n) is 13.7. The highest BCUT2D eigenvalue weighted by Gasteiger charge is 2.59. The van der Waals surface area contributed by atoms with E-state index in [-0.39, 0.29) is 35.0 Å². The average molecular weight is 554 g/mol. The minimum absolute atomic E-state index is 0.0769. The van der Waals surface area contributed by atoms with Crippen LogP contribution in [-0.2, 0) is 16.4 Å². The van der Waals surface area contributed by atoms with Crippen molar-refractivity contribution in [1.29, 1.82) is 0 Å². The predicted octanol–water partition coefficient (Wildman–Crippen LogP) is 5.42. The summed E-state index contributed by atoms with van der Waals surface area (Å²) in [6.07, 6.45) is 11.7. The van der Waals surface area contributed by atoms with Gasteiger partial charge in [-0.1, -0.05) is 46.1 Å². The van der Waals surface area contributed by atoms with E-state index >= 15 is 0 Å². The van der Waals surface area contributed by atoms with E-state index in [1.165, 1.54) is 19.3 Å². The van der Waals surface area contributed by atoms with Gasteiger partial charge in [0, 0.05) is 6.42 Å². The number of nitrogens with zero attached hydrogens (tertiary/aromatic N) is 2. The fourth-order valence-corrected chi connectivity index (χ4v) is 9.22. The summed E-state index contributed by atoms with van der Waals surface area (Å²) in [5.74, 6) is 3.09. The highest BCUT2D eigenvalue weighted by Crippen LogP contribution is 2.65. The number of aliphatic hydroxyl groups excluding tert-OH is 2. The van der Waals surface area contributed by atoms with Gasteiger partial charge in [0.1, 0.15) is 0 Å². The molecule has 3 N–H and O–H groups in total. The van der Waals surface area contributed by atoms with Gasteiger partial charge in [0.05, 0.1) is 18.5 Å². The second kappa shape index (κ2) is 11.4. The summed E-state index contributed by atoms with van der Waals surface area (Å²) in [7, 11) is -3.45. The monoisotopic (exact) mass is 553 g/mol. The molecule has 218 valence electrons. The number of fused-ring (bicyclic) bond motifs is 1. The Kier molecular flexibility index (Phi) is 8.90. The zero-order chi connectivity index (χ0) is 27.9. The third-order valence-electron chi connectivity index (χ3n) is 11.3. The molecule has 3 aliphatic carbocycles. The van der Waals surface area contributed by atoms with Gasteiger partial charge < -0.3 is 14.6 Å². The second-order valence-corrected chi connectivity index (χ2v) is 15.4. The lowest BCUT2D eigenvalue weighted by atomic mass is 9.48. The maximum Gasteiger partial charge on any atom is 0.329 e. The summed E-state index contributed by atoms with van der Waals surface area (Å²) < 4.78 is 30.7. The number of aryl methyl sites for hydroxylation is 1. The van der Waals surface area contributed by atoms with Gasteiger partial charge in [-0.3, -0.25) is 0 Å². The van der Waals surface area contributed by atoms with Gasteiger partial charge in [-0.2, -0.15) is 0 Å². The van der Waals surface area contributed by atoms with Crippen LogP contribution in [0.4, 0.5) is 6.01 Å². The standard InChI is InChI=1S/C29H51N3O5S/c1-7-18(2)26(34)25-22(28(4)15-12-20(33)13-16-28)14-17-29(5)21(9-10-23(25)29)19(3)8-11-24-30-31-27(37-24)32-38(6,35)36/h18-23,25-26,33-34H,7-17H2,1-6H3,(H,31,32)/t18-,19+,20?,21+,22?,23?,25?,26+,28?,29+/m0/s1. The lowest BCUT2D eigenvalue weighted by molar-refractivity contribution is -0.123. The summed E-state index contributed by atoms with van der Waals surface area (Å²) in [4.78, 5) is 0. The molecule has 1 aromatic heterocycles.